The maximum Gasteiger partial charge on any atom is 0.334 e. The number of ether oxygens (including phenoxy) is 1. The van der Waals surface area contributed by atoms with Crippen LogP contribution in [0.15, 0.2) is 42.0 Å². The molecule has 0 amide bonds. The van der Waals surface area contributed by atoms with Crippen LogP contribution in [0.5, 0.6) is 5.75 Å². The van der Waals surface area contributed by atoms with Crippen LogP contribution in [0.25, 0.3) is 5.57 Å². The van der Waals surface area contributed by atoms with Crippen molar-refractivity contribution in [2.45, 2.75) is 33.1 Å². The van der Waals surface area contributed by atoms with Gasteiger partial charge in [0.05, 0.1) is 7.11 Å². The molecule has 1 unspecified atom stereocenters. The molecule has 0 saturated heterocycles. The second-order valence-electron chi connectivity index (χ2n) is 6.41. The highest BCUT2D eigenvalue weighted by molar-refractivity contribution is 5.99. The Bertz CT molecular complexity index is 832. The second kappa shape index (κ2) is 6.16. The maximum absolute atomic E-state index is 12.3. The van der Waals surface area contributed by atoms with Gasteiger partial charge in [0.25, 0.3) is 0 Å². The molecule has 1 aliphatic rings. The number of hydrogen-bond donors (Lipinski definition) is 1. The first-order chi connectivity index (χ1) is 11.5. The van der Waals surface area contributed by atoms with Crippen LogP contribution in [0.4, 0.5) is 0 Å². The smallest absolute Gasteiger partial charge is 0.334 e. The van der Waals surface area contributed by atoms with E-state index >= 15 is 0 Å². The van der Waals surface area contributed by atoms with Crippen molar-refractivity contribution in [3.05, 3.63) is 69.8 Å². The van der Waals surface area contributed by atoms with Gasteiger partial charge in [-0.2, -0.15) is 0 Å². The molecule has 24 heavy (non-hydrogen) atoms. The molecule has 1 atom stereocenters. The quantitative estimate of drug-likeness (QED) is 0.829. The third kappa shape index (κ3) is 2.50. The number of rotatable bonds is 2. The zero-order chi connectivity index (χ0) is 17.4. The molecule has 0 spiro atoms. The Labute approximate surface area is 142 Å². The fraction of sp³-hybridized carbons (Fsp3) is 0.286. The molecule has 2 aromatic rings. The highest BCUT2D eigenvalue weighted by Gasteiger charge is 2.33. The average Bonchev–Trinajstić information content (AvgIpc) is 2.59. The molecule has 124 valence electrons. The normalized spacial score (nSPS) is 16.8. The molecule has 0 aromatic heterocycles. The Morgan fingerprint density at radius 1 is 1.12 bits per heavy atom. The molecule has 2 aromatic carbocycles. The number of phenolic OH excluding ortho intramolecular Hbond substituents is 1. The number of fused-ring (bicyclic) bond motifs is 1. The Hall–Kier alpha value is -2.55. The zero-order valence-electron chi connectivity index (χ0n) is 14.5. The summed E-state index contributed by atoms with van der Waals surface area (Å²) in [5.41, 5.74) is 6.50. The van der Waals surface area contributed by atoms with Gasteiger partial charge in [-0.05, 0) is 55.0 Å². The number of carbonyl (C=O) groups is 1. The summed E-state index contributed by atoms with van der Waals surface area (Å²) in [5, 5.41) is 10.8. The van der Waals surface area contributed by atoms with E-state index in [4.69, 9.17) is 4.74 Å². The van der Waals surface area contributed by atoms with Gasteiger partial charge in [-0.15, -0.1) is 0 Å². The predicted molar refractivity (Wildman–Crippen MR) is 95.1 cm³/mol. The van der Waals surface area contributed by atoms with Gasteiger partial charge in [-0.1, -0.05) is 36.4 Å². The highest BCUT2D eigenvalue weighted by Crippen LogP contribution is 2.48. The molecule has 3 heteroatoms. The van der Waals surface area contributed by atoms with Crippen molar-refractivity contribution in [1.82, 2.24) is 0 Å². The fourth-order valence-electron chi connectivity index (χ4n) is 3.79. The van der Waals surface area contributed by atoms with Crippen molar-refractivity contribution < 1.29 is 14.6 Å². The van der Waals surface area contributed by atoms with Crippen molar-refractivity contribution >= 4 is 11.5 Å². The van der Waals surface area contributed by atoms with Gasteiger partial charge in [-0.3, -0.25) is 0 Å². The van der Waals surface area contributed by atoms with Crippen molar-refractivity contribution in [3.8, 4) is 5.75 Å². The number of aromatic hydroxyl groups is 1. The molecule has 0 saturated carbocycles. The highest BCUT2D eigenvalue weighted by atomic mass is 16.5. The molecule has 0 heterocycles. The number of methoxy groups -OCH3 is 1. The van der Waals surface area contributed by atoms with E-state index in [0.29, 0.717) is 17.7 Å². The molecule has 0 fully saturated rings. The summed E-state index contributed by atoms with van der Waals surface area (Å²) >= 11 is 0. The first-order valence-electron chi connectivity index (χ1n) is 8.12. The number of phenols is 1. The van der Waals surface area contributed by atoms with Crippen LogP contribution >= 0.6 is 0 Å². The molecule has 0 aliphatic heterocycles. The summed E-state index contributed by atoms with van der Waals surface area (Å²) in [6.07, 6.45) is 0.534. The lowest BCUT2D eigenvalue weighted by molar-refractivity contribution is -0.136. The molecule has 0 bridgehead atoms. The summed E-state index contributed by atoms with van der Waals surface area (Å²) in [4.78, 5) is 12.3. The molecular weight excluding hydrogens is 300 g/mol. The molecule has 0 radical (unpaired) electrons. The maximum atomic E-state index is 12.3. The first kappa shape index (κ1) is 16.3. The Balaban J connectivity index is 2.32. The van der Waals surface area contributed by atoms with Gasteiger partial charge < -0.3 is 9.84 Å². The van der Waals surface area contributed by atoms with Gasteiger partial charge in [-0.25, -0.2) is 4.79 Å². The van der Waals surface area contributed by atoms with Crippen LogP contribution in [0.1, 0.15) is 47.1 Å². The van der Waals surface area contributed by atoms with Crippen molar-refractivity contribution in [1.29, 1.82) is 0 Å². The minimum atomic E-state index is -0.293. The largest absolute Gasteiger partial charge is 0.507 e. The summed E-state index contributed by atoms with van der Waals surface area (Å²) in [6, 6.07) is 12.0. The topological polar surface area (TPSA) is 46.5 Å². The lowest BCUT2D eigenvalue weighted by Gasteiger charge is -2.31. The number of allylic oxidation sites excluding steroid dienone is 1. The van der Waals surface area contributed by atoms with Crippen LogP contribution in [0.2, 0.25) is 0 Å². The van der Waals surface area contributed by atoms with E-state index in [-0.39, 0.29) is 11.9 Å². The number of aryl methyl sites for hydroxylation is 2. The standard InChI is InChI=1S/C21H22O3/c1-12-10-13(2)20(22)19-17(15-8-6-5-7-9-15)11-16(21(23)24-4)14(3)18(12)19/h5-10,17,22H,11H2,1-4H3. The van der Waals surface area contributed by atoms with E-state index in [1.165, 1.54) is 7.11 Å². The second-order valence-corrected chi connectivity index (χ2v) is 6.41. The summed E-state index contributed by atoms with van der Waals surface area (Å²) in [6.45, 7) is 5.88. The molecular formula is C21H22O3. The monoisotopic (exact) mass is 322 g/mol. The fourth-order valence-corrected chi connectivity index (χ4v) is 3.79. The van der Waals surface area contributed by atoms with E-state index in [1.807, 2.05) is 57.2 Å². The SMILES string of the molecule is COC(=O)C1=C(C)c2c(C)cc(C)c(O)c2C(c2ccccc2)C1. The van der Waals surface area contributed by atoms with E-state index in [2.05, 4.69) is 0 Å². The van der Waals surface area contributed by atoms with Gasteiger partial charge in [0, 0.05) is 17.1 Å². The minimum Gasteiger partial charge on any atom is -0.507 e. The minimum absolute atomic E-state index is 0.0578. The molecule has 1 aliphatic carbocycles. The predicted octanol–water partition coefficient (Wildman–Crippen LogP) is 4.49. The van der Waals surface area contributed by atoms with E-state index in [1.54, 1.807) is 0 Å². The number of esters is 1. The zero-order valence-corrected chi connectivity index (χ0v) is 14.5. The van der Waals surface area contributed by atoms with Crippen LogP contribution in [0, 0.1) is 13.8 Å². The number of carbonyl (C=O) groups excluding carboxylic acids is 1. The van der Waals surface area contributed by atoms with Crippen LogP contribution < -0.4 is 0 Å². The van der Waals surface area contributed by atoms with Crippen molar-refractivity contribution in [2.75, 3.05) is 7.11 Å². The lowest BCUT2D eigenvalue weighted by atomic mass is 9.73. The Morgan fingerprint density at radius 3 is 2.42 bits per heavy atom. The van der Waals surface area contributed by atoms with Crippen LogP contribution in [0.3, 0.4) is 0 Å². The summed E-state index contributed by atoms with van der Waals surface area (Å²) < 4.78 is 4.99. The number of hydrogen-bond acceptors (Lipinski definition) is 3. The van der Waals surface area contributed by atoms with Crippen molar-refractivity contribution in [3.63, 3.8) is 0 Å². The third-order valence-corrected chi connectivity index (χ3v) is 4.94. The molecule has 1 N–H and O–H groups in total. The Morgan fingerprint density at radius 2 is 1.79 bits per heavy atom. The van der Waals surface area contributed by atoms with E-state index < -0.39 is 0 Å². The summed E-state index contributed by atoms with van der Waals surface area (Å²) in [5.74, 6) is -0.0242. The van der Waals surface area contributed by atoms with Crippen LogP contribution in [-0.4, -0.2) is 18.2 Å². The van der Waals surface area contributed by atoms with Gasteiger partial charge >= 0.3 is 5.97 Å². The Kier molecular flexibility index (Phi) is 4.18. The van der Waals surface area contributed by atoms with E-state index in [9.17, 15) is 9.90 Å². The molecule has 3 nitrogen and oxygen atoms in total. The van der Waals surface area contributed by atoms with Crippen molar-refractivity contribution in [2.24, 2.45) is 0 Å². The summed E-state index contributed by atoms with van der Waals surface area (Å²) in [7, 11) is 1.41. The lowest BCUT2D eigenvalue weighted by Crippen LogP contribution is -2.19. The van der Waals surface area contributed by atoms with E-state index in [0.717, 1.165) is 33.4 Å². The average molecular weight is 322 g/mol. The van der Waals surface area contributed by atoms with Gasteiger partial charge in [0.15, 0.2) is 0 Å². The first-order valence-corrected chi connectivity index (χ1v) is 8.12. The van der Waals surface area contributed by atoms with Crippen LogP contribution in [-0.2, 0) is 9.53 Å². The van der Waals surface area contributed by atoms with Gasteiger partial charge in [0.2, 0.25) is 0 Å². The molecule has 3 rings (SSSR count). The third-order valence-electron chi connectivity index (χ3n) is 4.94. The number of benzene rings is 2. The van der Waals surface area contributed by atoms with Gasteiger partial charge in [0.1, 0.15) is 5.75 Å².